The van der Waals surface area contributed by atoms with Gasteiger partial charge in [0, 0.05) is 10.7 Å². The second-order valence-electron chi connectivity index (χ2n) is 6.35. The van der Waals surface area contributed by atoms with Crippen molar-refractivity contribution < 1.29 is 14.4 Å². The molecule has 2 atom stereocenters. The molecule has 1 aliphatic heterocycles. The van der Waals surface area contributed by atoms with Gasteiger partial charge in [0.2, 0.25) is 0 Å². The van der Waals surface area contributed by atoms with Gasteiger partial charge in [0.05, 0.1) is 17.3 Å². The van der Waals surface area contributed by atoms with Crippen LogP contribution in [0.3, 0.4) is 0 Å². The molecule has 20 heavy (non-hydrogen) atoms. The maximum Gasteiger partial charge on any atom is 0.463 e. The van der Waals surface area contributed by atoms with Gasteiger partial charge < -0.3 is 14.4 Å². The van der Waals surface area contributed by atoms with Crippen molar-refractivity contribution in [1.29, 1.82) is 0 Å². The number of aliphatic hydroxyl groups excluding tert-OH is 1. The molecule has 1 aromatic rings. The van der Waals surface area contributed by atoms with E-state index in [0.717, 1.165) is 4.88 Å². The zero-order valence-corrected chi connectivity index (χ0v) is 13.6. The Morgan fingerprint density at radius 1 is 1.25 bits per heavy atom. The standard InChI is InChI=1S/C15H23BO3S/c1-11(13(17)9-8-12-7-6-10-20-12)16-18-14(2,3)15(4,5)19-16/h6-11,13,17H,1-5H3/b9-8+/t11-,13-/m0/s1. The van der Waals surface area contributed by atoms with Crippen LogP contribution in [0.2, 0.25) is 5.82 Å². The van der Waals surface area contributed by atoms with Crippen LogP contribution in [0.5, 0.6) is 0 Å². The molecule has 0 aliphatic carbocycles. The summed E-state index contributed by atoms with van der Waals surface area (Å²) in [6, 6.07) is 4.02. The Morgan fingerprint density at radius 3 is 2.35 bits per heavy atom. The fourth-order valence-corrected chi connectivity index (χ4v) is 2.65. The van der Waals surface area contributed by atoms with Crippen molar-refractivity contribution in [3.05, 3.63) is 28.5 Å². The summed E-state index contributed by atoms with van der Waals surface area (Å²) in [6.07, 6.45) is 3.16. The quantitative estimate of drug-likeness (QED) is 0.862. The first-order chi connectivity index (χ1) is 9.23. The SMILES string of the molecule is C[C@H](B1OC(C)(C)C(C)(C)O1)[C@@H](O)/C=C/c1cccs1. The second-order valence-corrected chi connectivity index (χ2v) is 7.33. The average Bonchev–Trinajstić information content (AvgIpc) is 2.92. The van der Waals surface area contributed by atoms with Crippen molar-refractivity contribution >= 4 is 24.5 Å². The molecular weight excluding hydrogens is 271 g/mol. The third-order valence-electron chi connectivity index (χ3n) is 4.24. The van der Waals surface area contributed by atoms with Gasteiger partial charge in [0.25, 0.3) is 0 Å². The van der Waals surface area contributed by atoms with Gasteiger partial charge in [-0.25, -0.2) is 0 Å². The van der Waals surface area contributed by atoms with Crippen LogP contribution in [-0.4, -0.2) is 29.5 Å². The van der Waals surface area contributed by atoms with E-state index in [-0.39, 0.29) is 24.1 Å². The third kappa shape index (κ3) is 3.17. The third-order valence-corrected chi connectivity index (χ3v) is 5.08. The van der Waals surface area contributed by atoms with E-state index in [9.17, 15) is 5.11 Å². The molecule has 0 spiro atoms. The number of hydrogen-bond donors (Lipinski definition) is 1. The lowest BCUT2D eigenvalue weighted by Crippen LogP contribution is -2.41. The van der Waals surface area contributed by atoms with E-state index in [0.29, 0.717) is 0 Å². The van der Waals surface area contributed by atoms with Gasteiger partial charge >= 0.3 is 7.12 Å². The molecule has 2 rings (SSSR count). The van der Waals surface area contributed by atoms with Gasteiger partial charge in [0.15, 0.2) is 0 Å². The van der Waals surface area contributed by atoms with Crippen LogP contribution in [0.4, 0.5) is 0 Å². The molecular formula is C15H23BO3S. The Kier molecular flexibility index (Phi) is 4.45. The molecule has 1 aliphatic rings. The van der Waals surface area contributed by atoms with E-state index < -0.39 is 6.10 Å². The Hall–Kier alpha value is -0.615. The van der Waals surface area contributed by atoms with Gasteiger partial charge in [-0.3, -0.25) is 0 Å². The van der Waals surface area contributed by atoms with Crippen LogP contribution in [0.1, 0.15) is 39.5 Å². The largest absolute Gasteiger partial charge is 0.463 e. The molecule has 0 saturated carbocycles. The Balaban J connectivity index is 2.00. The lowest BCUT2D eigenvalue weighted by atomic mass is 9.70. The highest BCUT2D eigenvalue weighted by Crippen LogP contribution is 2.40. The highest BCUT2D eigenvalue weighted by Gasteiger charge is 2.53. The number of thiophene rings is 1. The van der Waals surface area contributed by atoms with E-state index in [1.807, 2.05) is 64.3 Å². The summed E-state index contributed by atoms with van der Waals surface area (Å²) in [7, 11) is -0.386. The normalized spacial score (nSPS) is 24.2. The molecule has 1 N–H and O–H groups in total. The Bertz CT molecular complexity index is 451. The fourth-order valence-electron chi connectivity index (χ4n) is 2.02. The van der Waals surface area contributed by atoms with E-state index >= 15 is 0 Å². The van der Waals surface area contributed by atoms with E-state index in [1.165, 1.54) is 0 Å². The summed E-state index contributed by atoms with van der Waals surface area (Å²) < 4.78 is 11.9. The van der Waals surface area contributed by atoms with Crippen molar-refractivity contribution in [2.75, 3.05) is 0 Å². The highest BCUT2D eigenvalue weighted by atomic mass is 32.1. The van der Waals surface area contributed by atoms with E-state index in [2.05, 4.69) is 0 Å². The van der Waals surface area contributed by atoms with Crippen molar-refractivity contribution in [1.82, 2.24) is 0 Å². The number of aliphatic hydroxyl groups is 1. The van der Waals surface area contributed by atoms with Gasteiger partial charge in [-0.05, 0) is 45.2 Å². The van der Waals surface area contributed by atoms with Crippen LogP contribution < -0.4 is 0 Å². The van der Waals surface area contributed by atoms with E-state index in [4.69, 9.17) is 9.31 Å². The monoisotopic (exact) mass is 294 g/mol. The van der Waals surface area contributed by atoms with Gasteiger partial charge in [-0.1, -0.05) is 19.1 Å². The first-order valence-electron chi connectivity index (χ1n) is 6.98. The number of rotatable bonds is 4. The van der Waals surface area contributed by atoms with Crippen LogP contribution in [-0.2, 0) is 9.31 Å². The summed E-state index contributed by atoms with van der Waals surface area (Å²) in [4.78, 5) is 1.13. The van der Waals surface area contributed by atoms with Crippen LogP contribution >= 0.6 is 11.3 Å². The molecule has 1 aromatic heterocycles. The van der Waals surface area contributed by atoms with Gasteiger partial charge in [-0.2, -0.15) is 0 Å². The highest BCUT2D eigenvalue weighted by molar-refractivity contribution is 7.10. The zero-order chi connectivity index (χ0) is 15.0. The lowest BCUT2D eigenvalue weighted by Gasteiger charge is -2.32. The van der Waals surface area contributed by atoms with Crippen molar-refractivity contribution in [2.45, 2.75) is 57.7 Å². The van der Waals surface area contributed by atoms with Crippen LogP contribution in [0.15, 0.2) is 23.6 Å². The van der Waals surface area contributed by atoms with E-state index in [1.54, 1.807) is 11.3 Å². The molecule has 5 heteroatoms. The molecule has 1 fully saturated rings. The molecule has 0 radical (unpaired) electrons. The minimum Gasteiger partial charge on any atom is -0.403 e. The topological polar surface area (TPSA) is 38.7 Å². The van der Waals surface area contributed by atoms with Crippen LogP contribution in [0.25, 0.3) is 6.08 Å². The zero-order valence-electron chi connectivity index (χ0n) is 12.8. The van der Waals surface area contributed by atoms with Crippen molar-refractivity contribution in [3.63, 3.8) is 0 Å². The predicted octanol–water partition coefficient (Wildman–Crippen LogP) is 3.60. The second kappa shape index (κ2) is 5.64. The average molecular weight is 294 g/mol. The molecule has 0 aromatic carbocycles. The maximum atomic E-state index is 10.3. The van der Waals surface area contributed by atoms with Crippen molar-refractivity contribution in [2.24, 2.45) is 0 Å². The molecule has 0 bridgehead atoms. The minimum atomic E-state index is -0.591. The molecule has 1 saturated heterocycles. The number of hydrogen-bond acceptors (Lipinski definition) is 4. The Morgan fingerprint density at radius 2 is 1.85 bits per heavy atom. The molecule has 2 heterocycles. The van der Waals surface area contributed by atoms with Gasteiger partial charge in [0.1, 0.15) is 0 Å². The maximum absolute atomic E-state index is 10.3. The molecule has 0 unspecified atom stereocenters. The predicted molar refractivity (Wildman–Crippen MR) is 84.9 cm³/mol. The van der Waals surface area contributed by atoms with Crippen LogP contribution in [0, 0.1) is 0 Å². The molecule has 110 valence electrons. The summed E-state index contributed by atoms with van der Waals surface area (Å²) in [5.74, 6) is -0.118. The van der Waals surface area contributed by atoms with Gasteiger partial charge in [-0.15, -0.1) is 11.3 Å². The first-order valence-corrected chi connectivity index (χ1v) is 7.86. The molecule has 0 amide bonds. The molecule has 3 nitrogen and oxygen atoms in total. The fraction of sp³-hybridized carbons (Fsp3) is 0.600. The first kappa shape index (κ1) is 15.8. The summed E-state index contributed by atoms with van der Waals surface area (Å²) in [6.45, 7) is 10.0. The summed E-state index contributed by atoms with van der Waals surface area (Å²) in [5.41, 5.74) is -0.716. The smallest absolute Gasteiger partial charge is 0.403 e. The van der Waals surface area contributed by atoms with Crippen molar-refractivity contribution in [3.8, 4) is 0 Å². The minimum absolute atomic E-state index is 0.118. The Labute approximate surface area is 125 Å². The summed E-state index contributed by atoms with van der Waals surface area (Å²) >= 11 is 1.65. The lowest BCUT2D eigenvalue weighted by molar-refractivity contribution is 0.00578. The summed E-state index contributed by atoms with van der Waals surface area (Å²) in [5, 5.41) is 12.3.